The number of rotatable bonds is 5. The third-order valence-corrected chi connectivity index (χ3v) is 6.64. The van der Waals surface area contributed by atoms with E-state index in [1.165, 1.54) is 9.21 Å². The van der Waals surface area contributed by atoms with Crippen molar-refractivity contribution in [2.45, 2.75) is 38.1 Å². The number of hydrogen-bond acceptors (Lipinski definition) is 4. The summed E-state index contributed by atoms with van der Waals surface area (Å²) in [5.74, 6) is -0.153. The zero-order valence-electron chi connectivity index (χ0n) is 13.6. The lowest BCUT2D eigenvalue weighted by Gasteiger charge is -2.35. The molecule has 1 aromatic carbocycles. The molecule has 2 saturated heterocycles. The minimum Gasteiger partial charge on any atom is -0.279 e. The second kappa shape index (κ2) is 7.03. The summed E-state index contributed by atoms with van der Waals surface area (Å²) in [4.78, 5) is 24.9. The Labute approximate surface area is 142 Å². The average molecular weight is 350 g/mol. The monoisotopic (exact) mass is 350 g/mol. The van der Waals surface area contributed by atoms with E-state index >= 15 is 0 Å². The molecule has 2 amide bonds. The number of aryl methyl sites for hydroxylation is 1. The van der Waals surface area contributed by atoms with Gasteiger partial charge in [-0.15, -0.1) is 0 Å². The number of nitrogens with zero attached hydrogens (tertiary/aromatic N) is 2. The second-order valence-corrected chi connectivity index (χ2v) is 8.43. The molecule has 0 bridgehead atoms. The molecule has 0 saturated carbocycles. The minimum absolute atomic E-state index is 0.0866. The van der Waals surface area contributed by atoms with E-state index in [1.54, 1.807) is 0 Å². The van der Waals surface area contributed by atoms with Gasteiger partial charge in [0.25, 0.3) is 0 Å². The number of piperidine rings is 1. The molecule has 0 aliphatic carbocycles. The van der Waals surface area contributed by atoms with Gasteiger partial charge >= 0.3 is 0 Å². The Kier molecular flexibility index (Phi) is 5.01. The summed E-state index contributed by atoms with van der Waals surface area (Å²) in [7, 11) is -3.31. The summed E-state index contributed by atoms with van der Waals surface area (Å²) in [6, 6.07) is 9.41. The molecule has 3 rings (SSSR count). The van der Waals surface area contributed by atoms with Crippen molar-refractivity contribution in [1.82, 2.24) is 9.21 Å². The maximum absolute atomic E-state index is 12.5. The van der Waals surface area contributed by atoms with Crippen molar-refractivity contribution in [3.63, 3.8) is 0 Å². The first kappa shape index (κ1) is 17.1. The smallest absolute Gasteiger partial charge is 0.229 e. The first-order valence-corrected chi connectivity index (χ1v) is 9.95. The van der Waals surface area contributed by atoms with E-state index in [-0.39, 0.29) is 36.5 Å². The number of sulfonamides is 1. The number of benzene rings is 1. The van der Waals surface area contributed by atoms with Crippen molar-refractivity contribution in [1.29, 1.82) is 0 Å². The fourth-order valence-corrected chi connectivity index (χ4v) is 4.92. The molecule has 0 spiro atoms. The Morgan fingerprint density at radius 2 is 1.54 bits per heavy atom. The lowest BCUT2D eigenvalue weighted by molar-refractivity contribution is -0.141. The molecule has 0 N–H and O–H groups in total. The van der Waals surface area contributed by atoms with Gasteiger partial charge in [0.05, 0.1) is 5.75 Å². The third kappa shape index (κ3) is 3.67. The first-order valence-electron chi connectivity index (χ1n) is 8.34. The van der Waals surface area contributed by atoms with Gasteiger partial charge in [0.1, 0.15) is 0 Å². The predicted octanol–water partition coefficient (Wildman–Crippen LogP) is 1.17. The van der Waals surface area contributed by atoms with Gasteiger partial charge < -0.3 is 0 Å². The maximum atomic E-state index is 12.5. The van der Waals surface area contributed by atoms with E-state index in [2.05, 4.69) is 0 Å². The van der Waals surface area contributed by atoms with Crippen molar-refractivity contribution in [2.75, 3.05) is 18.8 Å². The molecule has 0 unspecified atom stereocenters. The number of carbonyl (C=O) groups is 2. The van der Waals surface area contributed by atoms with Crippen molar-refractivity contribution >= 4 is 21.8 Å². The number of likely N-dealkylation sites (tertiary alicyclic amines) is 1. The SMILES string of the molecule is O=C1CCC(=O)N1C1CCN(S(=O)(=O)CCc2ccccc2)CC1. The lowest BCUT2D eigenvalue weighted by atomic mass is 10.1. The first-order chi connectivity index (χ1) is 11.5. The molecule has 2 heterocycles. The molecule has 130 valence electrons. The molecule has 24 heavy (non-hydrogen) atoms. The number of carbonyl (C=O) groups excluding carboxylic acids is 2. The van der Waals surface area contributed by atoms with Crippen LogP contribution in [0.5, 0.6) is 0 Å². The van der Waals surface area contributed by atoms with Gasteiger partial charge in [-0.2, -0.15) is 0 Å². The summed E-state index contributed by atoms with van der Waals surface area (Å²) < 4.78 is 26.5. The third-order valence-electron chi connectivity index (χ3n) is 4.76. The summed E-state index contributed by atoms with van der Waals surface area (Å²) in [5.41, 5.74) is 1.00. The van der Waals surface area contributed by atoms with Crippen LogP contribution in [0.15, 0.2) is 30.3 Å². The summed E-state index contributed by atoms with van der Waals surface area (Å²) in [6.07, 6.45) is 2.12. The molecule has 7 heteroatoms. The lowest BCUT2D eigenvalue weighted by Crippen LogP contribution is -2.48. The van der Waals surface area contributed by atoms with Crippen LogP contribution in [-0.2, 0) is 26.0 Å². The Bertz CT molecular complexity index is 693. The highest BCUT2D eigenvalue weighted by Crippen LogP contribution is 2.24. The Morgan fingerprint density at radius 3 is 2.12 bits per heavy atom. The van der Waals surface area contributed by atoms with Gasteiger partial charge in [-0.25, -0.2) is 12.7 Å². The van der Waals surface area contributed by atoms with E-state index in [0.717, 1.165) is 5.56 Å². The molecule has 2 aliphatic rings. The molecule has 2 fully saturated rings. The fraction of sp³-hybridized carbons (Fsp3) is 0.529. The van der Waals surface area contributed by atoms with E-state index in [9.17, 15) is 18.0 Å². The van der Waals surface area contributed by atoms with Crippen LogP contribution in [0, 0.1) is 0 Å². The van der Waals surface area contributed by atoms with Crippen LogP contribution >= 0.6 is 0 Å². The molecule has 0 radical (unpaired) electrons. The number of hydrogen-bond donors (Lipinski definition) is 0. The largest absolute Gasteiger partial charge is 0.279 e. The van der Waals surface area contributed by atoms with Crippen LogP contribution in [0.4, 0.5) is 0 Å². The Hall–Kier alpha value is -1.73. The zero-order chi connectivity index (χ0) is 17.2. The topological polar surface area (TPSA) is 74.8 Å². The summed E-state index contributed by atoms with van der Waals surface area (Å²) in [5, 5.41) is 0. The molecule has 0 atom stereocenters. The standard InChI is InChI=1S/C17H22N2O4S/c20-16-6-7-17(21)19(16)15-8-11-18(12-9-15)24(22,23)13-10-14-4-2-1-3-5-14/h1-5,15H,6-13H2. The van der Waals surface area contributed by atoms with Crippen molar-refractivity contribution < 1.29 is 18.0 Å². The van der Waals surface area contributed by atoms with Gasteiger partial charge in [-0.3, -0.25) is 14.5 Å². The van der Waals surface area contributed by atoms with Crippen LogP contribution in [0.25, 0.3) is 0 Å². The van der Waals surface area contributed by atoms with Crippen LogP contribution < -0.4 is 0 Å². The minimum atomic E-state index is -3.31. The number of amides is 2. The summed E-state index contributed by atoms with van der Waals surface area (Å²) >= 11 is 0. The fourth-order valence-electron chi connectivity index (χ4n) is 3.40. The van der Waals surface area contributed by atoms with Crippen molar-refractivity contribution in [3.05, 3.63) is 35.9 Å². The van der Waals surface area contributed by atoms with Gasteiger partial charge in [0.15, 0.2) is 0 Å². The highest BCUT2D eigenvalue weighted by molar-refractivity contribution is 7.89. The molecule has 2 aliphatic heterocycles. The zero-order valence-corrected chi connectivity index (χ0v) is 14.4. The van der Waals surface area contributed by atoms with E-state index in [1.807, 2.05) is 30.3 Å². The number of imide groups is 1. The molecular weight excluding hydrogens is 328 g/mol. The molecular formula is C17H22N2O4S. The molecule has 6 nitrogen and oxygen atoms in total. The Balaban J connectivity index is 1.55. The van der Waals surface area contributed by atoms with Gasteiger partial charge in [-0.05, 0) is 24.8 Å². The molecule has 1 aromatic rings. The van der Waals surface area contributed by atoms with Gasteiger partial charge in [0.2, 0.25) is 21.8 Å². The van der Waals surface area contributed by atoms with Crippen LogP contribution in [0.2, 0.25) is 0 Å². The van der Waals surface area contributed by atoms with Crippen molar-refractivity contribution in [3.8, 4) is 0 Å². The van der Waals surface area contributed by atoms with E-state index in [4.69, 9.17) is 0 Å². The van der Waals surface area contributed by atoms with E-state index < -0.39 is 10.0 Å². The second-order valence-electron chi connectivity index (χ2n) is 6.34. The van der Waals surface area contributed by atoms with E-state index in [0.29, 0.717) is 32.4 Å². The highest BCUT2D eigenvalue weighted by Gasteiger charge is 2.38. The van der Waals surface area contributed by atoms with Gasteiger partial charge in [0, 0.05) is 32.0 Å². The predicted molar refractivity (Wildman–Crippen MR) is 89.6 cm³/mol. The highest BCUT2D eigenvalue weighted by atomic mass is 32.2. The quantitative estimate of drug-likeness (QED) is 0.747. The van der Waals surface area contributed by atoms with Crippen LogP contribution in [-0.4, -0.2) is 54.3 Å². The average Bonchev–Trinajstić information content (AvgIpc) is 2.93. The molecule has 0 aromatic heterocycles. The van der Waals surface area contributed by atoms with Crippen LogP contribution in [0.1, 0.15) is 31.2 Å². The van der Waals surface area contributed by atoms with Crippen molar-refractivity contribution in [2.24, 2.45) is 0 Å². The normalized spacial score (nSPS) is 20.8. The Morgan fingerprint density at radius 1 is 0.958 bits per heavy atom. The summed E-state index contributed by atoms with van der Waals surface area (Å²) in [6.45, 7) is 0.748. The maximum Gasteiger partial charge on any atom is 0.229 e. The van der Waals surface area contributed by atoms with Gasteiger partial charge in [-0.1, -0.05) is 30.3 Å². The van der Waals surface area contributed by atoms with Crippen LogP contribution in [0.3, 0.4) is 0 Å².